The molecule has 0 aliphatic rings. The van der Waals surface area contributed by atoms with Crippen molar-refractivity contribution >= 4 is 28.0 Å². The average molecular weight is 476 g/mol. The predicted octanol–water partition coefficient (Wildman–Crippen LogP) is 5.91. The van der Waals surface area contributed by atoms with Gasteiger partial charge in [-0.25, -0.2) is 4.79 Å². The molecule has 0 saturated heterocycles. The number of carbonyl (C=O) groups is 2. The fourth-order valence-corrected chi connectivity index (χ4v) is 3.70. The number of aliphatic carboxylic acids is 1. The highest BCUT2D eigenvalue weighted by Crippen LogP contribution is 2.34. The molecule has 2 aromatic rings. The number of ether oxygens (including phenoxy) is 1. The highest BCUT2D eigenvalue weighted by atomic mass is 79.9. The largest absolute Gasteiger partial charge is 0.481 e. The lowest BCUT2D eigenvalue weighted by Crippen LogP contribution is -2.35. The second-order valence-electron chi connectivity index (χ2n) is 8.58. The Morgan fingerprint density at radius 1 is 1.03 bits per heavy atom. The van der Waals surface area contributed by atoms with E-state index in [2.05, 4.69) is 35.1 Å². The van der Waals surface area contributed by atoms with E-state index in [4.69, 9.17) is 4.74 Å². The van der Waals surface area contributed by atoms with Crippen molar-refractivity contribution in [3.63, 3.8) is 0 Å². The summed E-state index contributed by atoms with van der Waals surface area (Å²) >= 11 is 3.42. The van der Waals surface area contributed by atoms with Gasteiger partial charge in [-0.05, 0) is 48.4 Å². The average Bonchev–Trinajstić information content (AvgIpc) is 2.71. The van der Waals surface area contributed by atoms with Gasteiger partial charge in [0.05, 0.1) is 5.41 Å². The summed E-state index contributed by atoms with van der Waals surface area (Å²) < 4.78 is 6.12. The molecule has 5 nitrogen and oxygen atoms in total. The Labute approximate surface area is 187 Å². The summed E-state index contributed by atoms with van der Waals surface area (Å²) in [5, 5.41) is 12.7. The Morgan fingerprint density at radius 2 is 1.73 bits per heavy atom. The minimum Gasteiger partial charge on any atom is -0.481 e. The first kappa shape index (κ1) is 23.9. The van der Waals surface area contributed by atoms with E-state index in [1.165, 1.54) is 0 Å². The lowest BCUT2D eigenvalue weighted by molar-refractivity contribution is -0.143. The third kappa shape index (κ3) is 7.17. The second kappa shape index (κ2) is 10.6. The molecule has 6 heteroatoms. The topological polar surface area (TPSA) is 75.6 Å². The molecule has 0 aliphatic carbocycles. The zero-order valence-electron chi connectivity index (χ0n) is 17.8. The van der Waals surface area contributed by atoms with Gasteiger partial charge in [0.25, 0.3) is 0 Å². The highest BCUT2D eigenvalue weighted by Gasteiger charge is 2.35. The number of benzene rings is 2. The molecule has 2 N–H and O–H groups in total. The summed E-state index contributed by atoms with van der Waals surface area (Å²) in [6.45, 7) is 6.57. The van der Waals surface area contributed by atoms with Crippen LogP contribution in [0.25, 0.3) is 0 Å². The Kier molecular flexibility index (Phi) is 8.47. The lowest BCUT2D eigenvalue weighted by atomic mass is 9.76. The summed E-state index contributed by atoms with van der Waals surface area (Å²) in [5.74, 6) is -0.832. The summed E-state index contributed by atoms with van der Waals surface area (Å²) in [7, 11) is 0. The minimum absolute atomic E-state index is 0.178. The first-order valence-corrected chi connectivity index (χ1v) is 10.9. The van der Waals surface area contributed by atoms with Gasteiger partial charge in [-0.1, -0.05) is 78.7 Å². The van der Waals surface area contributed by atoms with Crippen LogP contribution in [0.15, 0.2) is 59.1 Å². The van der Waals surface area contributed by atoms with E-state index in [1.807, 2.05) is 54.6 Å². The first-order valence-electron chi connectivity index (χ1n) is 10.1. The van der Waals surface area contributed by atoms with Crippen molar-refractivity contribution in [2.75, 3.05) is 6.54 Å². The molecular formula is C24H30BrNO4. The number of carboxylic acids is 1. The van der Waals surface area contributed by atoms with Crippen LogP contribution in [0.2, 0.25) is 0 Å². The van der Waals surface area contributed by atoms with Gasteiger partial charge in [0.15, 0.2) is 0 Å². The van der Waals surface area contributed by atoms with Crippen LogP contribution in [0.1, 0.15) is 51.2 Å². The van der Waals surface area contributed by atoms with Gasteiger partial charge in [0.2, 0.25) is 0 Å². The molecular weight excluding hydrogens is 446 g/mol. The van der Waals surface area contributed by atoms with E-state index in [0.29, 0.717) is 13.0 Å². The van der Waals surface area contributed by atoms with Crippen LogP contribution in [0.5, 0.6) is 0 Å². The van der Waals surface area contributed by atoms with Crippen LogP contribution < -0.4 is 5.32 Å². The van der Waals surface area contributed by atoms with Crippen LogP contribution in [0.4, 0.5) is 4.79 Å². The van der Waals surface area contributed by atoms with E-state index >= 15 is 0 Å². The molecule has 0 fully saturated rings. The standard InChI is InChI=1S/C24H30BrNO4/c1-23(2,17-26-22(29)30-16-18-9-5-4-6-10-18)13-8-14-24(3,21(27)28)19-11-7-12-20(25)15-19/h4-7,9-12,15H,8,13-14,16-17H2,1-3H3,(H,26,29)(H,27,28). The van der Waals surface area contributed by atoms with Crippen LogP contribution in [-0.4, -0.2) is 23.7 Å². The highest BCUT2D eigenvalue weighted by molar-refractivity contribution is 9.10. The van der Waals surface area contributed by atoms with Gasteiger partial charge in [-0.3, -0.25) is 4.79 Å². The first-order chi connectivity index (χ1) is 14.1. The van der Waals surface area contributed by atoms with Crippen LogP contribution >= 0.6 is 15.9 Å². The van der Waals surface area contributed by atoms with Crippen LogP contribution in [0, 0.1) is 5.41 Å². The molecule has 0 heterocycles. The minimum atomic E-state index is -0.956. The summed E-state index contributed by atoms with van der Waals surface area (Å²) in [6.07, 6.45) is 1.57. The maximum absolute atomic E-state index is 12.0. The number of carboxylic acid groups (broad SMARTS) is 1. The molecule has 2 aromatic carbocycles. The number of nitrogens with one attached hydrogen (secondary N) is 1. The van der Waals surface area contributed by atoms with Crippen LogP contribution in [0.3, 0.4) is 0 Å². The number of hydrogen-bond acceptors (Lipinski definition) is 3. The molecule has 0 bridgehead atoms. The van der Waals surface area contributed by atoms with Gasteiger partial charge < -0.3 is 15.2 Å². The molecule has 1 amide bonds. The lowest BCUT2D eigenvalue weighted by Gasteiger charge is -2.29. The Bertz CT molecular complexity index is 853. The van der Waals surface area contributed by atoms with E-state index in [0.717, 1.165) is 28.4 Å². The van der Waals surface area contributed by atoms with Crippen molar-refractivity contribution in [2.24, 2.45) is 5.41 Å². The summed E-state index contributed by atoms with van der Waals surface area (Å²) in [5.41, 5.74) is 0.585. The van der Waals surface area contributed by atoms with Crippen molar-refractivity contribution in [3.05, 3.63) is 70.2 Å². The fraction of sp³-hybridized carbons (Fsp3) is 0.417. The number of halogens is 1. The molecule has 0 saturated carbocycles. The normalized spacial score (nSPS) is 13.3. The van der Waals surface area contributed by atoms with Gasteiger partial charge in [0.1, 0.15) is 6.61 Å². The predicted molar refractivity (Wildman–Crippen MR) is 121 cm³/mol. The molecule has 0 spiro atoms. The Morgan fingerprint density at radius 3 is 2.37 bits per heavy atom. The summed E-state index contributed by atoms with van der Waals surface area (Å²) in [4.78, 5) is 24.0. The van der Waals surface area contributed by atoms with Gasteiger partial charge >= 0.3 is 12.1 Å². The van der Waals surface area contributed by atoms with Gasteiger partial charge in [-0.15, -0.1) is 0 Å². The third-order valence-corrected chi connectivity index (χ3v) is 5.88. The van der Waals surface area contributed by atoms with Crippen molar-refractivity contribution in [2.45, 2.75) is 52.1 Å². The van der Waals surface area contributed by atoms with Crippen molar-refractivity contribution in [1.82, 2.24) is 5.32 Å². The number of alkyl carbamates (subject to hydrolysis) is 1. The maximum Gasteiger partial charge on any atom is 0.407 e. The van der Waals surface area contributed by atoms with Crippen LogP contribution in [-0.2, 0) is 21.6 Å². The quantitative estimate of drug-likeness (QED) is 0.447. The van der Waals surface area contributed by atoms with Crippen molar-refractivity contribution < 1.29 is 19.4 Å². The van der Waals surface area contributed by atoms with E-state index in [1.54, 1.807) is 6.92 Å². The molecule has 30 heavy (non-hydrogen) atoms. The Balaban J connectivity index is 1.83. The molecule has 1 unspecified atom stereocenters. The molecule has 162 valence electrons. The van der Waals surface area contributed by atoms with E-state index in [9.17, 15) is 14.7 Å². The molecule has 0 aliphatic heterocycles. The van der Waals surface area contributed by atoms with E-state index in [-0.39, 0.29) is 12.0 Å². The maximum atomic E-state index is 12.0. The molecule has 1 atom stereocenters. The molecule has 0 aromatic heterocycles. The Hall–Kier alpha value is -2.34. The SMILES string of the molecule is CC(C)(CCCC(C)(C(=O)O)c1cccc(Br)c1)CNC(=O)OCc1ccccc1. The third-order valence-electron chi connectivity index (χ3n) is 5.39. The summed E-state index contributed by atoms with van der Waals surface area (Å²) in [6, 6.07) is 17.0. The van der Waals surface area contributed by atoms with Crippen molar-refractivity contribution in [3.8, 4) is 0 Å². The number of carbonyl (C=O) groups excluding carboxylic acids is 1. The number of amides is 1. The fourth-order valence-electron chi connectivity index (χ4n) is 3.30. The molecule has 2 rings (SSSR count). The zero-order chi connectivity index (χ0) is 22.2. The van der Waals surface area contributed by atoms with Gasteiger partial charge in [-0.2, -0.15) is 0 Å². The smallest absolute Gasteiger partial charge is 0.407 e. The number of rotatable bonds is 10. The monoisotopic (exact) mass is 475 g/mol. The van der Waals surface area contributed by atoms with Gasteiger partial charge in [0, 0.05) is 11.0 Å². The number of hydrogen-bond donors (Lipinski definition) is 2. The van der Waals surface area contributed by atoms with Crippen molar-refractivity contribution in [1.29, 1.82) is 0 Å². The zero-order valence-corrected chi connectivity index (χ0v) is 19.4. The van der Waals surface area contributed by atoms with E-state index < -0.39 is 17.5 Å². The molecule has 0 radical (unpaired) electrons. The second-order valence-corrected chi connectivity index (χ2v) is 9.50.